The maximum absolute atomic E-state index is 11.4. The Balaban J connectivity index is 1.53. The van der Waals surface area contributed by atoms with Crippen molar-refractivity contribution in [1.29, 1.82) is 0 Å². The molecule has 0 aromatic heterocycles. The summed E-state index contributed by atoms with van der Waals surface area (Å²) in [5.41, 5.74) is 1.89. The van der Waals surface area contributed by atoms with E-state index in [1.54, 1.807) is 0 Å². The fourth-order valence-corrected chi connectivity index (χ4v) is 3.48. The smallest absolute Gasteiger partial charge is 0.337 e. The van der Waals surface area contributed by atoms with Gasteiger partial charge in [-0.15, -0.1) is 0 Å². The van der Waals surface area contributed by atoms with Gasteiger partial charge in [-0.25, -0.2) is 4.79 Å². The molecule has 4 nitrogen and oxygen atoms in total. The lowest BCUT2D eigenvalue weighted by atomic mass is 10.1. The van der Waals surface area contributed by atoms with E-state index >= 15 is 0 Å². The number of esters is 1. The standard InChI is InChI=1S/C17H24N2O2/c1-21-17(20)15-6-4-14(5-7-15)12-18-11-8-16(13-18)19-9-2-3-10-19/h4-7,16H,2-3,8-13H2,1H3. The van der Waals surface area contributed by atoms with Gasteiger partial charge < -0.3 is 4.74 Å². The van der Waals surface area contributed by atoms with Gasteiger partial charge in [0.25, 0.3) is 0 Å². The van der Waals surface area contributed by atoms with Gasteiger partial charge in [-0.3, -0.25) is 9.80 Å². The third-order valence-corrected chi connectivity index (χ3v) is 4.69. The lowest BCUT2D eigenvalue weighted by Crippen LogP contribution is -2.35. The molecule has 1 aromatic rings. The van der Waals surface area contributed by atoms with E-state index in [-0.39, 0.29) is 5.97 Å². The van der Waals surface area contributed by atoms with Crippen molar-refractivity contribution in [2.24, 2.45) is 0 Å². The Bertz CT molecular complexity index is 480. The summed E-state index contributed by atoms with van der Waals surface area (Å²) in [5.74, 6) is -0.267. The predicted molar refractivity (Wildman–Crippen MR) is 82.3 cm³/mol. The summed E-state index contributed by atoms with van der Waals surface area (Å²) in [7, 11) is 1.42. The highest BCUT2D eigenvalue weighted by atomic mass is 16.5. The Morgan fingerprint density at radius 2 is 1.90 bits per heavy atom. The van der Waals surface area contributed by atoms with Gasteiger partial charge in [0.05, 0.1) is 12.7 Å². The van der Waals surface area contributed by atoms with Gasteiger partial charge in [0.1, 0.15) is 0 Å². The van der Waals surface area contributed by atoms with E-state index in [1.807, 2.05) is 24.3 Å². The first-order valence-corrected chi connectivity index (χ1v) is 7.90. The molecule has 2 saturated heterocycles. The average molecular weight is 288 g/mol. The number of benzene rings is 1. The van der Waals surface area contributed by atoms with Gasteiger partial charge in [0.2, 0.25) is 0 Å². The normalized spacial score (nSPS) is 23.6. The largest absolute Gasteiger partial charge is 0.465 e. The van der Waals surface area contributed by atoms with E-state index in [0.29, 0.717) is 5.56 Å². The minimum Gasteiger partial charge on any atom is -0.465 e. The molecule has 1 aromatic carbocycles. The van der Waals surface area contributed by atoms with Crippen LogP contribution in [0, 0.1) is 0 Å². The van der Waals surface area contributed by atoms with Crippen molar-refractivity contribution in [2.45, 2.75) is 31.8 Å². The molecule has 2 heterocycles. The van der Waals surface area contributed by atoms with Crippen molar-refractivity contribution in [1.82, 2.24) is 9.80 Å². The molecular formula is C17H24N2O2. The van der Waals surface area contributed by atoms with Gasteiger partial charge in [0.15, 0.2) is 0 Å². The van der Waals surface area contributed by atoms with Crippen LogP contribution in [0.2, 0.25) is 0 Å². The van der Waals surface area contributed by atoms with E-state index in [9.17, 15) is 4.79 Å². The molecule has 2 fully saturated rings. The second kappa shape index (κ2) is 6.58. The van der Waals surface area contributed by atoms with Crippen LogP contribution < -0.4 is 0 Å². The Kier molecular flexibility index (Phi) is 4.56. The lowest BCUT2D eigenvalue weighted by Gasteiger charge is -2.23. The number of rotatable bonds is 4. The SMILES string of the molecule is COC(=O)c1ccc(CN2CCC(N3CCCC3)C2)cc1. The molecular weight excluding hydrogens is 264 g/mol. The maximum Gasteiger partial charge on any atom is 0.337 e. The zero-order chi connectivity index (χ0) is 14.7. The van der Waals surface area contributed by atoms with Crippen LogP contribution in [0.1, 0.15) is 35.2 Å². The van der Waals surface area contributed by atoms with E-state index in [2.05, 4.69) is 9.80 Å². The molecule has 21 heavy (non-hydrogen) atoms. The van der Waals surface area contributed by atoms with Crippen LogP contribution in [0.4, 0.5) is 0 Å². The molecule has 1 unspecified atom stereocenters. The average Bonchev–Trinajstić information content (AvgIpc) is 3.18. The van der Waals surface area contributed by atoms with Crippen LogP contribution in [-0.4, -0.2) is 55.1 Å². The van der Waals surface area contributed by atoms with Crippen molar-refractivity contribution in [2.75, 3.05) is 33.3 Å². The van der Waals surface area contributed by atoms with E-state index < -0.39 is 0 Å². The minimum atomic E-state index is -0.267. The highest BCUT2D eigenvalue weighted by Crippen LogP contribution is 2.21. The molecule has 2 aliphatic rings. The summed E-state index contributed by atoms with van der Waals surface area (Å²) in [4.78, 5) is 16.6. The fraction of sp³-hybridized carbons (Fsp3) is 0.588. The molecule has 1 atom stereocenters. The number of hydrogen-bond acceptors (Lipinski definition) is 4. The second-order valence-corrected chi connectivity index (χ2v) is 6.11. The highest BCUT2D eigenvalue weighted by molar-refractivity contribution is 5.89. The minimum absolute atomic E-state index is 0.267. The molecule has 4 heteroatoms. The summed E-state index contributed by atoms with van der Waals surface area (Å²) in [6, 6.07) is 8.54. The third-order valence-electron chi connectivity index (χ3n) is 4.69. The van der Waals surface area contributed by atoms with Crippen molar-refractivity contribution in [3.8, 4) is 0 Å². The number of carbonyl (C=O) groups excluding carboxylic acids is 1. The Hall–Kier alpha value is -1.39. The van der Waals surface area contributed by atoms with E-state index in [1.165, 1.54) is 58.1 Å². The first-order chi connectivity index (χ1) is 10.3. The van der Waals surface area contributed by atoms with E-state index in [4.69, 9.17) is 4.74 Å². The molecule has 0 spiro atoms. The zero-order valence-corrected chi connectivity index (χ0v) is 12.8. The van der Waals surface area contributed by atoms with Crippen molar-refractivity contribution in [3.63, 3.8) is 0 Å². The predicted octanol–water partition coefficient (Wildman–Crippen LogP) is 2.14. The first kappa shape index (κ1) is 14.5. The third kappa shape index (κ3) is 3.44. The molecule has 114 valence electrons. The summed E-state index contributed by atoms with van der Waals surface area (Å²) in [6.45, 7) is 5.91. The topological polar surface area (TPSA) is 32.8 Å². The number of hydrogen-bond donors (Lipinski definition) is 0. The molecule has 2 aliphatic heterocycles. The van der Waals surface area contributed by atoms with Gasteiger partial charge in [-0.2, -0.15) is 0 Å². The molecule has 0 N–H and O–H groups in total. The zero-order valence-electron chi connectivity index (χ0n) is 12.8. The summed E-state index contributed by atoms with van der Waals surface area (Å²) < 4.78 is 4.73. The molecule has 0 aliphatic carbocycles. The highest BCUT2D eigenvalue weighted by Gasteiger charge is 2.28. The molecule has 0 amide bonds. The van der Waals surface area contributed by atoms with Gasteiger partial charge >= 0.3 is 5.97 Å². The molecule has 3 rings (SSSR count). The van der Waals surface area contributed by atoms with Crippen molar-refractivity contribution in [3.05, 3.63) is 35.4 Å². The van der Waals surface area contributed by atoms with E-state index in [0.717, 1.165) is 12.6 Å². The van der Waals surface area contributed by atoms with Crippen LogP contribution in [0.25, 0.3) is 0 Å². The first-order valence-electron chi connectivity index (χ1n) is 7.90. The van der Waals surface area contributed by atoms with Crippen LogP contribution in [-0.2, 0) is 11.3 Å². The summed E-state index contributed by atoms with van der Waals surface area (Å²) in [6.07, 6.45) is 4.03. The van der Waals surface area contributed by atoms with Crippen LogP contribution in [0.5, 0.6) is 0 Å². The van der Waals surface area contributed by atoms with Crippen LogP contribution in [0.15, 0.2) is 24.3 Å². The molecule has 0 saturated carbocycles. The number of methoxy groups -OCH3 is 1. The fourth-order valence-electron chi connectivity index (χ4n) is 3.48. The van der Waals surface area contributed by atoms with Gasteiger partial charge in [-0.05, 0) is 50.0 Å². The lowest BCUT2D eigenvalue weighted by molar-refractivity contribution is 0.0600. The van der Waals surface area contributed by atoms with Crippen LogP contribution in [0.3, 0.4) is 0 Å². The Morgan fingerprint density at radius 1 is 1.19 bits per heavy atom. The van der Waals surface area contributed by atoms with Crippen molar-refractivity contribution >= 4 is 5.97 Å². The second-order valence-electron chi connectivity index (χ2n) is 6.11. The number of ether oxygens (including phenoxy) is 1. The van der Waals surface area contributed by atoms with Crippen LogP contribution >= 0.6 is 0 Å². The quantitative estimate of drug-likeness (QED) is 0.795. The summed E-state index contributed by atoms with van der Waals surface area (Å²) in [5, 5.41) is 0. The number of likely N-dealkylation sites (tertiary alicyclic amines) is 2. The molecule has 0 bridgehead atoms. The molecule has 0 radical (unpaired) electrons. The maximum atomic E-state index is 11.4. The van der Waals surface area contributed by atoms with Gasteiger partial charge in [0, 0.05) is 25.7 Å². The number of nitrogens with zero attached hydrogens (tertiary/aromatic N) is 2. The summed E-state index contributed by atoms with van der Waals surface area (Å²) >= 11 is 0. The Morgan fingerprint density at radius 3 is 2.57 bits per heavy atom. The monoisotopic (exact) mass is 288 g/mol. The number of carbonyl (C=O) groups is 1. The van der Waals surface area contributed by atoms with Crippen molar-refractivity contribution < 1.29 is 9.53 Å². The Labute approximate surface area is 126 Å². The van der Waals surface area contributed by atoms with Gasteiger partial charge in [-0.1, -0.05) is 12.1 Å².